The van der Waals surface area contributed by atoms with E-state index >= 15 is 0 Å². The maximum absolute atomic E-state index is 14.2. The van der Waals surface area contributed by atoms with Crippen LogP contribution in [0.4, 0.5) is 18.9 Å². The fraction of sp³-hybridized carbons (Fsp3) is 0.208. The molecule has 5 rings (SSSR count). The molecule has 196 valence electrons. The summed E-state index contributed by atoms with van der Waals surface area (Å²) < 4.78 is 59.2. The minimum atomic E-state index is -5.04. The van der Waals surface area contributed by atoms with Gasteiger partial charge < -0.3 is 14.2 Å². The number of carbonyl (C=O) groups is 1. The number of allylic oxidation sites excluding steroid dienone is 1. The van der Waals surface area contributed by atoms with E-state index in [9.17, 15) is 32.9 Å². The topological polar surface area (TPSA) is 122 Å². The van der Waals surface area contributed by atoms with Gasteiger partial charge >= 0.3 is 12.1 Å². The molecule has 2 aromatic carbocycles. The zero-order valence-corrected chi connectivity index (χ0v) is 20.2. The van der Waals surface area contributed by atoms with E-state index in [-0.39, 0.29) is 39.7 Å². The third-order valence-corrected chi connectivity index (χ3v) is 6.69. The van der Waals surface area contributed by atoms with Gasteiger partial charge in [0.25, 0.3) is 11.2 Å². The summed E-state index contributed by atoms with van der Waals surface area (Å²) in [4.78, 5) is 40.2. The van der Waals surface area contributed by atoms with Crippen molar-refractivity contribution in [3.63, 3.8) is 0 Å². The first-order chi connectivity index (χ1) is 18.1. The van der Waals surface area contributed by atoms with Crippen LogP contribution in [0.2, 0.25) is 0 Å². The Hall–Kier alpha value is -4.46. The van der Waals surface area contributed by atoms with Crippen molar-refractivity contribution in [2.24, 2.45) is 4.99 Å². The molecule has 2 aliphatic rings. The number of fused-ring (bicyclic) bond motifs is 2. The van der Waals surface area contributed by atoms with Crippen molar-refractivity contribution in [3.8, 4) is 11.5 Å². The number of nitrogens with zero attached hydrogens (tertiary/aromatic N) is 3. The number of benzene rings is 2. The van der Waals surface area contributed by atoms with Gasteiger partial charge in [-0.15, -0.1) is 0 Å². The number of aromatic nitrogens is 1. The lowest BCUT2D eigenvalue weighted by Crippen LogP contribution is -2.41. The Balaban J connectivity index is 1.76. The zero-order chi connectivity index (χ0) is 27.2. The first kappa shape index (κ1) is 25.2. The molecule has 10 nitrogen and oxygen atoms in total. The summed E-state index contributed by atoms with van der Waals surface area (Å²) in [5.74, 6) is -0.669. The second-order valence-corrected chi connectivity index (χ2v) is 9.03. The van der Waals surface area contributed by atoms with Gasteiger partial charge in [0.05, 0.1) is 27.7 Å². The molecule has 14 heteroatoms. The summed E-state index contributed by atoms with van der Waals surface area (Å²) in [6.45, 7) is 1.15. The lowest BCUT2D eigenvalue weighted by atomic mass is 9.95. The molecular formula is C24H16F3N3O7S. The summed E-state index contributed by atoms with van der Waals surface area (Å²) in [6.07, 6.45) is -3.66. The first-order valence-corrected chi connectivity index (χ1v) is 11.8. The van der Waals surface area contributed by atoms with Crippen molar-refractivity contribution in [2.45, 2.75) is 19.1 Å². The predicted octanol–water partition coefficient (Wildman–Crippen LogP) is 2.98. The molecule has 0 saturated carbocycles. The van der Waals surface area contributed by atoms with Crippen LogP contribution in [0.1, 0.15) is 24.1 Å². The lowest BCUT2D eigenvalue weighted by Gasteiger charge is -2.26. The second kappa shape index (κ2) is 9.45. The summed E-state index contributed by atoms with van der Waals surface area (Å²) in [6, 6.07) is 8.05. The highest BCUT2D eigenvalue weighted by molar-refractivity contribution is 7.07. The summed E-state index contributed by atoms with van der Waals surface area (Å²) in [7, 11) is 0. The van der Waals surface area contributed by atoms with Gasteiger partial charge in [0.1, 0.15) is 0 Å². The molecule has 0 amide bonds. The van der Waals surface area contributed by atoms with Gasteiger partial charge in [-0.2, -0.15) is 13.2 Å². The minimum absolute atomic E-state index is 0.00924. The number of nitro groups is 1. The second-order valence-electron chi connectivity index (χ2n) is 8.02. The van der Waals surface area contributed by atoms with E-state index in [1.165, 1.54) is 55.5 Å². The van der Waals surface area contributed by atoms with E-state index in [1.54, 1.807) is 0 Å². The van der Waals surface area contributed by atoms with Crippen LogP contribution in [-0.2, 0) is 9.53 Å². The number of thiazole rings is 1. The van der Waals surface area contributed by atoms with Gasteiger partial charge in [-0.05, 0) is 48.4 Å². The molecule has 0 spiro atoms. The number of hydrogen-bond acceptors (Lipinski definition) is 9. The molecule has 3 heterocycles. The van der Waals surface area contributed by atoms with E-state index in [4.69, 9.17) is 14.2 Å². The minimum Gasteiger partial charge on any atom is -0.463 e. The third-order valence-electron chi connectivity index (χ3n) is 5.71. The highest BCUT2D eigenvalue weighted by atomic mass is 32.1. The fourth-order valence-electron chi connectivity index (χ4n) is 4.08. The maximum atomic E-state index is 14.2. The quantitative estimate of drug-likeness (QED) is 0.273. The van der Waals surface area contributed by atoms with Crippen molar-refractivity contribution >= 4 is 29.1 Å². The van der Waals surface area contributed by atoms with Crippen LogP contribution < -0.4 is 24.4 Å². The first-order valence-electron chi connectivity index (χ1n) is 11.0. The summed E-state index contributed by atoms with van der Waals surface area (Å²) >= 11 is 0.690. The van der Waals surface area contributed by atoms with Crippen LogP contribution in [0.15, 0.2) is 63.5 Å². The SMILES string of the molecule is CCOC(=O)C1=C(C(F)(F)F)N=c2sc(=Cc3ccc([N+](=O)[O-])cc3)c(=O)n2C1c1ccc2c(c1)OCO2. The van der Waals surface area contributed by atoms with E-state index < -0.39 is 39.9 Å². The van der Waals surface area contributed by atoms with E-state index in [2.05, 4.69) is 4.99 Å². The van der Waals surface area contributed by atoms with Gasteiger partial charge in [-0.1, -0.05) is 17.4 Å². The standard InChI is InChI=1S/C24H16F3N3O7S/c1-2-35-22(32)18-19(13-5-8-15-16(10-13)37-11-36-15)29-21(31)17(38-23(29)28-20(18)24(25,26)27)9-12-3-6-14(7-4-12)30(33)34/h3-10,19H,2,11H2,1H3. The monoisotopic (exact) mass is 547 g/mol. The highest BCUT2D eigenvalue weighted by Gasteiger charge is 2.45. The summed E-state index contributed by atoms with van der Waals surface area (Å²) in [5, 5.41) is 10.9. The molecule has 0 radical (unpaired) electrons. The highest BCUT2D eigenvalue weighted by Crippen LogP contribution is 2.41. The number of non-ortho nitro benzene ring substituents is 1. The van der Waals surface area contributed by atoms with E-state index in [0.29, 0.717) is 22.6 Å². The van der Waals surface area contributed by atoms with Gasteiger partial charge in [0.2, 0.25) is 6.79 Å². The average Bonchev–Trinajstić information content (AvgIpc) is 3.46. The Bertz CT molecular complexity index is 1670. The van der Waals surface area contributed by atoms with Crippen LogP contribution >= 0.6 is 11.3 Å². The van der Waals surface area contributed by atoms with E-state index in [0.717, 1.165) is 4.57 Å². The Labute approximate surface area is 214 Å². The largest absolute Gasteiger partial charge is 0.463 e. The molecule has 2 aliphatic heterocycles. The number of ether oxygens (including phenoxy) is 3. The molecule has 3 aromatic rings. The molecule has 38 heavy (non-hydrogen) atoms. The van der Waals surface area contributed by atoms with Gasteiger partial charge in [0.15, 0.2) is 22.0 Å². The fourth-order valence-corrected chi connectivity index (χ4v) is 5.08. The molecule has 0 bridgehead atoms. The van der Waals surface area contributed by atoms with Crippen molar-refractivity contribution in [1.29, 1.82) is 0 Å². The lowest BCUT2D eigenvalue weighted by molar-refractivity contribution is -0.384. The number of rotatable bonds is 5. The van der Waals surface area contributed by atoms with Crippen LogP contribution in [0.25, 0.3) is 6.08 Å². The molecule has 0 saturated heterocycles. The van der Waals surface area contributed by atoms with Crippen LogP contribution in [-0.4, -0.2) is 35.0 Å². The number of esters is 1. The molecule has 1 atom stereocenters. The predicted molar refractivity (Wildman–Crippen MR) is 126 cm³/mol. The number of halogens is 3. The Morgan fingerprint density at radius 3 is 2.61 bits per heavy atom. The average molecular weight is 547 g/mol. The van der Waals surface area contributed by atoms with Gasteiger partial charge in [-0.3, -0.25) is 19.5 Å². The normalized spacial score (nSPS) is 16.7. The van der Waals surface area contributed by atoms with Gasteiger partial charge in [0, 0.05) is 12.1 Å². The molecule has 0 aliphatic carbocycles. The van der Waals surface area contributed by atoms with Gasteiger partial charge in [-0.25, -0.2) is 9.79 Å². The van der Waals surface area contributed by atoms with Crippen LogP contribution in [0.5, 0.6) is 11.5 Å². The number of hydrogen-bond donors (Lipinski definition) is 0. The Morgan fingerprint density at radius 1 is 1.24 bits per heavy atom. The van der Waals surface area contributed by atoms with Crippen LogP contribution in [0.3, 0.4) is 0 Å². The third kappa shape index (κ3) is 4.42. The molecular weight excluding hydrogens is 531 g/mol. The zero-order valence-electron chi connectivity index (χ0n) is 19.4. The maximum Gasteiger partial charge on any atom is 0.434 e. The van der Waals surface area contributed by atoms with Crippen molar-refractivity contribution in [1.82, 2.24) is 4.57 Å². The molecule has 0 fully saturated rings. The molecule has 0 N–H and O–H groups in total. The molecule has 1 aromatic heterocycles. The van der Waals surface area contributed by atoms with Crippen molar-refractivity contribution < 1.29 is 37.1 Å². The Kier molecular flexibility index (Phi) is 6.26. The smallest absolute Gasteiger partial charge is 0.434 e. The molecule has 1 unspecified atom stereocenters. The van der Waals surface area contributed by atoms with Crippen LogP contribution in [0, 0.1) is 10.1 Å². The van der Waals surface area contributed by atoms with Crippen molar-refractivity contribution in [3.05, 3.63) is 94.7 Å². The summed E-state index contributed by atoms with van der Waals surface area (Å²) in [5.41, 5.74) is -2.63. The number of carbonyl (C=O) groups excluding carboxylic acids is 1. The Morgan fingerprint density at radius 2 is 1.95 bits per heavy atom. The number of nitro benzene ring substituents is 1. The van der Waals surface area contributed by atoms with E-state index in [1.807, 2.05) is 0 Å². The number of alkyl halides is 3. The van der Waals surface area contributed by atoms with Crippen molar-refractivity contribution in [2.75, 3.05) is 13.4 Å².